The fraction of sp³-hybridized carbons (Fsp3) is 0.333. The maximum atomic E-state index is 11.6. The van der Waals surface area contributed by atoms with Gasteiger partial charge in [-0.25, -0.2) is 4.98 Å². The van der Waals surface area contributed by atoms with Gasteiger partial charge in [0.1, 0.15) is 0 Å². The number of nitrogens with zero attached hydrogens (tertiary/aromatic N) is 2. The van der Waals surface area contributed by atoms with Crippen molar-refractivity contribution >= 4 is 41.6 Å². The van der Waals surface area contributed by atoms with E-state index < -0.39 is 0 Å². The van der Waals surface area contributed by atoms with E-state index in [-0.39, 0.29) is 11.2 Å². The van der Waals surface area contributed by atoms with Crippen molar-refractivity contribution in [3.8, 4) is 0 Å². The number of nitrogens with two attached hydrogens (primary N) is 1. The summed E-state index contributed by atoms with van der Waals surface area (Å²) in [6.07, 6.45) is 1.90. The molecule has 2 N–H and O–H groups in total. The number of nitrogen functional groups attached to an aromatic ring is 1. The predicted octanol–water partition coefficient (Wildman–Crippen LogP) is 1.35. The summed E-state index contributed by atoms with van der Waals surface area (Å²) in [4.78, 5) is 17.2. The summed E-state index contributed by atoms with van der Waals surface area (Å²) < 4.78 is 0. The first-order chi connectivity index (χ1) is 7.08. The van der Waals surface area contributed by atoms with Crippen LogP contribution in [0.15, 0.2) is 12.3 Å². The van der Waals surface area contributed by atoms with Gasteiger partial charge in [0.15, 0.2) is 5.82 Å². The average molecular weight is 244 g/mol. The summed E-state index contributed by atoms with van der Waals surface area (Å²) in [6.45, 7) is 0.542. The molecule has 0 radical (unpaired) electrons. The lowest BCUT2D eigenvalue weighted by Gasteiger charge is -2.16. The van der Waals surface area contributed by atoms with Crippen molar-refractivity contribution in [1.29, 1.82) is 0 Å². The Kier molecular flexibility index (Phi) is 2.75. The number of rotatable bonds is 1. The van der Waals surface area contributed by atoms with E-state index in [2.05, 4.69) is 17.6 Å². The second-order valence-corrected chi connectivity index (χ2v) is 4.60. The Hall–Kier alpha value is -0.940. The van der Waals surface area contributed by atoms with E-state index in [1.807, 2.05) is 0 Å². The minimum absolute atomic E-state index is 0.00322. The van der Waals surface area contributed by atoms with Crippen LogP contribution in [0.2, 0.25) is 5.02 Å². The van der Waals surface area contributed by atoms with Gasteiger partial charge in [0.2, 0.25) is 5.91 Å². The van der Waals surface area contributed by atoms with Gasteiger partial charge in [-0.1, -0.05) is 11.6 Å². The molecule has 0 aromatic carbocycles. The number of anilines is 2. The molecular formula is C9H10ClN3OS. The SMILES string of the molecule is Nc1cc(Cl)cnc1N1CC(S)CC1=O. The maximum Gasteiger partial charge on any atom is 0.229 e. The zero-order chi connectivity index (χ0) is 11.0. The van der Waals surface area contributed by atoms with Gasteiger partial charge < -0.3 is 5.73 Å². The standard InChI is InChI=1S/C9H10ClN3OS/c10-5-1-7(11)9(12-3-5)13-4-6(15)2-8(13)14/h1,3,6,15H,2,4,11H2. The molecule has 80 valence electrons. The van der Waals surface area contributed by atoms with Crippen LogP contribution in [0.3, 0.4) is 0 Å². The molecule has 1 fully saturated rings. The van der Waals surface area contributed by atoms with Gasteiger partial charge >= 0.3 is 0 Å². The molecule has 1 aromatic heterocycles. The third kappa shape index (κ3) is 2.03. The fourth-order valence-corrected chi connectivity index (χ4v) is 2.05. The van der Waals surface area contributed by atoms with Crippen molar-refractivity contribution < 1.29 is 4.79 Å². The summed E-state index contributed by atoms with van der Waals surface area (Å²) in [7, 11) is 0. The normalized spacial score (nSPS) is 21.1. The summed E-state index contributed by atoms with van der Waals surface area (Å²) in [5.41, 5.74) is 6.16. The molecule has 1 unspecified atom stereocenters. The number of amides is 1. The van der Waals surface area contributed by atoms with Crippen molar-refractivity contribution in [1.82, 2.24) is 4.98 Å². The van der Waals surface area contributed by atoms with Gasteiger partial charge in [-0.3, -0.25) is 9.69 Å². The third-order valence-corrected chi connectivity index (χ3v) is 2.77. The minimum atomic E-state index is -0.00322. The van der Waals surface area contributed by atoms with Crippen LogP contribution in [0.25, 0.3) is 0 Å². The van der Waals surface area contributed by atoms with E-state index in [1.165, 1.54) is 6.20 Å². The van der Waals surface area contributed by atoms with Crippen LogP contribution in [-0.2, 0) is 4.79 Å². The first kappa shape index (κ1) is 10.6. The molecule has 1 amide bonds. The second-order valence-electron chi connectivity index (χ2n) is 3.43. The Morgan fingerprint density at radius 3 is 2.93 bits per heavy atom. The highest BCUT2D eigenvalue weighted by Gasteiger charge is 2.30. The minimum Gasteiger partial charge on any atom is -0.396 e. The van der Waals surface area contributed by atoms with E-state index in [4.69, 9.17) is 17.3 Å². The summed E-state index contributed by atoms with van der Waals surface area (Å²) >= 11 is 9.99. The molecule has 6 heteroatoms. The van der Waals surface area contributed by atoms with E-state index in [0.717, 1.165) is 0 Å². The van der Waals surface area contributed by atoms with E-state index in [1.54, 1.807) is 11.0 Å². The zero-order valence-electron chi connectivity index (χ0n) is 7.85. The second kappa shape index (κ2) is 3.90. The lowest BCUT2D eigenvalue weighted by atomic mass is 10.3. The van der Waals surface area contributed by atoms with E-state index >= 15 is 0 Å². The average Bonchev–Trinajstić information content (AvgIpc) is 2.45. The molecular weight excluding hydrogens is 234 g/mol. The van der Waals surface area contributed by atoms with E-state index in [0.29, 0.717) is 29.5 Å². The molecule has 0 bridgehead atoms. The number of halogens is 1. The molecule has 2 rings (SSSR count). The summed E-state index contributed by atoms with van der Waals surface area (Å²) in [6, 6.07) is 1.59. The smallest absolute Gasteiger partial charge is 0.229 e. The van der Waals surface area contributed by atoms with E-state index in [9.17, 15) is 4.79 Å². The van der Waals surface area contributed by atoms with Crippen molar-refractivity contribution in [3.05, 3.63) is 17.3 Å². The summed E-state index contributed by atoms with van der Waals surface area (Å²) in [5, 5.41) is 0.514. The topological polar surface area (TPSA) is 59.2 Å². The molecule has 4 nitrogen and oxygen atoms in total. The molecule has 1 atom stereocenters. The van der Waals surface area contributed by atoms with Crippen molar-refractivity contribution in [2.45, 2.75) is 11.7 Å². The molecule has 1 saturated heterocycles. The van der Waals surface area contributed by atoms with Crippen LogP contribution in [0.4, 0.5) is 11.5 Å². The first-order valence-electron chi connectivity index (χ1n) is 4.47. The maximum absolute atomic E-state index is 11.6. The summed E-state index contributed by atoms with van der Waals surface area (Å²) in [5.74, 6) is 0.470. The molecule has 2 heterocycles. The van der Waals surface area contributed by atoms with Crippen molar-refractivity contribution in [2.75, 3.05) is 17.2 Å². The van der Waals surface area contributed by atoms with Crippen LogP contribution in [0.5, 0.6) is 0 Å². The van der Waals surface area contributed by atoms with Crippen molar-refractivity contribution in [3.63, 3.8) is 0 Å². The lowest BCUT2D eigenvalue weighted by molar-refractivity contribution is -0.117. The number of aromatic nitrogens is 1. The Bertz CT molecular complexity index is 412. The van der Waals surface area contributed by atoms with Gasteiger partial charge in [-0.05, 0) is 6.07 Å². The third-order valence-electron chi connectivity index (χ3n) is 2.22. The lowest BCUT2D eigenvalue weighted by Crippen LogP contribution is -2.26. The highest BCUT2D eigenvalue weighted by Crippen LogP contribution is 2.28. The number of carbonyl (C=O) groups is 1. The highest BCUT2D eigenvalue weighted by atomic mass is 35.5. The molecule has 1 aliphatic rings. The predicted molar refractivity (Wildman–Crippen MR) is 63.4 cm³/mol. The van der Waals surface area contributed by atoms with Gasteiger partial charge in [0.05, 0.1) is 10.7 Å². The van der Waals surface area contributed by atoms with Crippen LogP contribution in [0.1, 0.15) is 6.42 Å². The molecule has 1 aromatic rings. The number of hydrogen-bond donors (Lipinski definition) is 2. The van der Waals surface area contributed by atoms with Gasteiger partial charge in [0, 0.05) is 24.4 Å². The van der Waals surface area contributed by atoms with Crippen LogP contribution < -0.4 is 10.6 Å². The molecule has 0 aliphatic carbocycles. The largest absolute Gasteiger partial charge is 0.396 e. The van der Waals surface area contributed by atoms with Gasteiger partial charge in [-0.2, -0.15) is 12.6 Å². The zero-order valence-corrected chi connectivity index (χ0v) is 9.50. The Morgan fingerprint density at radius 2 is 2.40 bits per heavy atom. The van der Waals surface area contributed by atoms with Crippen LogP contribution in [0, 0.1) is 0 Å². The number of thiol groups is 1. The van der Waals surface area contributed by atoms with Gasteiger partial charge in [-0.15, -0.1) is 0 Å². The first-order valence-corrected chi connectivity index (χ1v) is 5.37. The fourth-order valence-electron chi connectivity index (χ4n) is 1.57. The molecule has 1 aliphatic heterocycles. The van der Waals surface area contributed by atoms with Gasteiger partial charge in [0.25, 0.3) is 0 Å². The number of pyridine rings is 1. The Morgan fingerprint density at radius 1 is 1.67 bits per heavy atom. The van der Waals surface area contributed by atoms with Crippen LogP contribution >= 0.6 is 24.2 Å². The molecule has 15 heavy (non-hydrogen) atoms. The quantitative estimate of drug-likeness (QED) is 0.732. The molecule has 0 saturated carbocycles. The van der Waals surface area contributed by atoms with Crippen LogP contribution in [-0.4, -0.2) is 22.7 Å². The number of carbonyl (C=O) groups excluding carboxylic acids is 1. The highest BCUT2D eigenvalue weighted by molar-refractivity contribution is 7.81. The monoisotopic (exact) mass is 243 g/mol. The van der Waals surface area contributed by atoms with Crippen molar-refractivity contribution in [2.24, 2.45) is 0 Å². The number of hydrogen-bond acceptors (Lipinski definition) is 4. The Balaban J connectivity index is 2.34. The Labute approximate surface area is 97.8 Å². The molecule has 0 spiro atoms.